The van der Waals surface area contributed by atoms with Crippen LogP contribution in [0.5, 0.6) is 0 Å². The van der Waals surface area contributed by atoms with E-state index in [4.69, 9.17) is 0 Å². The first-order chi connectivity index (χ1) is 3.18. The van der Waals surface area contributed by atoms with Gasteiger partial charge in [0.2, 0.25) is 0 Å². The Balaban J connectivity index is 3.14. The van der Waals surface area contributed by atoms with Gasteiger partial charge in [0.1, 0.15) is 0 Å². The molecule has 0 spiro atoms. The van der Waals surface area contributed by atoms with Crippen LogP contribution in [0.4, 0.5) is 0 Å². The average molecular weight is 232 g/mol. The van der Waals surface area contributed by atoms with E-state index in [0.717, 1.165) is 0 Å². The summed E-state index contributed by atoms with van der Waals surface area (Å²) in [5.74, 6) is 0. The van der Waals surface area contributed by atoms with Gasteiger partial charge in [0.25, 0.3) is 0 Å². The van der Waals surface area contributed by atoms with Crippen LogP contribution in [0.2, 0.25) is 0 Å². The van der Waals surface area contributed by atoms with Crippen LogP contribution < -0.4 is 3.64 Å². The fraction of sp³-hybridized carbons (Fsp3) is 1.00. The average Bonchev–Trinajstić information content (AvgIpc) is 1.65. The molecule has 0 aromatic heterocycles. The van der Waals surface area contributed by atoms with Gasteiger partial charge in [0.05, 0.1) is 5.37 Å². The largest absolute Gasteiger partial charge is 0.226 e. The van der Waals surface area contributed by atoms with Crippen LogP contribution >= 0.6 is 35.5 Å². The molecule has 0 bridgehead atoms. The maximum Gasteiger partial charge on any atom is 0.0643 e. The minimum absolute atomic E-state index is 0.275. The van der Waals surface area contributed by atoms with E-state index >= 15 is 0 Å². The lowest BCUT2D eigenvalue weighted by Crippen LogP contribution is -2.31. The van der Waals surface area contributed by atoms with Gasteiger partial charge in [-0.1, -0.05) is 0 Å². The van der Waals surface area contributed by atoms with Crippen LogP contribution in [0.3, 0.4) is 0 Å². The molecule has 0 saturated heterocycles. The predicted molar refractivity (Wildman–Crippen MR) is 43.4 cm³/mol. The zero-order valence-corrected chi connectivity index (χ0v) is 7.40. The second-order valence-electron chi connectivity index (χ2n) is 1.33. The molecule has 2 nitrogen and oxygen atoms in total. The summed E-state index contributed by atoms with van der Waals surface area (Å²) in [6.07, 6.45) is 0. The smallest absolute Gasteiger partial charge is 0.0643 e. The summed E-state index contributed by atoms with van der Waals surface area (Å²) >= 11 is 6.19. The van der Waals surface area contributed by atoms with E-state index in [1.165, 1.54) is 0 Å². The second-order valence-corrected chi connectivity index (χ2v) is 2.56. The second kappa shape index (κ2) is 3.94. The minimum Gasteiger partial charge on any atom is -0.226 e. The van der Waals surface area contributed by atoms with Gasteiger partial charge in [-0.3, -0.25) is 0 Å². The number of thiol groups is 1. The van der Waals surface area contributed by atoms with Crippen molar-refractivity contribution < 1.29 is 0 Å². The van der Waals surface area contributed by atoms with Crippen LogP contribution in [-0.4, -0.2) is 17.4 Å². The molecule has 0 aliphatic carbocycles. The monoisotopic (exact) mass is 232 g/mol. The number of hydrazine groups is 1. The Labute approximate surface area is 63.5 Å². The number of hydrogen-bond donors (Lipinski definition) is 2. The Kier molecular flexibility index (Phi) is 4.50. The fourth-order valence-corrected chi connectivity index (χ4v) is 0.766. The van der Waals surface area contributed by atoms with Crippen molar-refractivity contribution in [1.29, 1.82) is 0 Å². The molecular formula is C3H9IN2S. The van der Waals surface area contributed by atoms with Gasteiger partial charge >= 0.3 is 0 Å². The van der Waals surface area contributed by atoms with Crippen molar-refractivity contribution in [3.05, 3.63) is 0 Å². The molecule has 0 amide bonds. The third-order valence-corrected chi connectivity index (χ3v) is 1.80. The third-order valence-electron chi connectivity index (χ3n) is 0.694. The fourth-order valence-electron chi connectivity index (χ4n) is 0.0706. The van der Waals surface area contributed by atoms with Crippen LogP contribution in [0.25, 0.3) is 0 Å². The summed E-state index contributed by atoms with van der Waals surface area (Å²) in [6.45, 7) is 1.99. The molecule has 0 aliphatic rings. The molecule has 4 heteroatoms. The van der Waals surface area contributed by atoms with Gasteiger partial charge in [-0.2, -0.15) is 16.3 Å². The maximum atomic E-state index is 4.13. The molecular weight excluding hydrogens is 223 g/mol. The van der Waals surface area contributed by atoms with Crippen molar-refractivity contribution in [1.82, 2.24) is 8.65 Å². The van der Waals surface area contributed by atoms with Crippen LogP contribution in [-0.2, 0) is 0 Å². The molecule has 0 rings (SSSR count). The maximum absolute atomic E-state index is 4.13. The van der Waals surface area contributed by atoms with Gasteiger partial charge < -0.3 is 0 Å². The van der Waals surface area contributed by atoms with Crippen molar-refractivity contribution in [2.75, 3.05) is 7.05 Å². The summed E-state index contributed by atoms with van der Waals surface area (Å²) in [7, 11) is 1.93. The summed E-state index contributed by atoms with van der Waals surface area (Å²) in [5, 5.41) is 2.17. The van der Waals surface area contributed by atoms with Crippen molar-refractivity contribution in [3.8, 4) is 0 Å². The lowest BCUT2D eigenvalue weighted by Gasteiger charge is -2.15. The normalized spacial score (nSPS) is 15.0. The molecule has 1 N–H and O–H groups in total. The Morgan fingerprint density at radius 1 is 1.86 bits per heavy atom. The van der Waals surface area contributed by atoms with Crippen LogP contribution in [0, 0.1) is 0 Å². The molecule has 0 aliphatic heterocycles. The highest BCUT2D eigenvalue weighted by Crippen LogP contribution is 1.95. The van der Waals surface area contributed by atoms with Gasteiger partial charge in [-0.05, 0) is 6.92 Å². The predicted octanol–water partition coefficient (Wildman–Crippen LogP) is 1.05. The summed E-state index contributed by atoms with van der Waals surface area (Å²) in [5.41, 5.74) is 0. The standard InChI is InChI=1S/C3H9IN2S/c1-3(7)6(2)5-4/h3,5,7H,1-2H3. The van der Waals surface area contributed by atoms with E-state index in [2.05, 4.69) is 39.1 Å². The molecule has 0 radical (unpaired) electrons. The van der Waals surface area contributed by atoms with E-state index < -0.39 is 0 Å². The van der Waals surface area contributed by atoms with E-state index in [-0.39, 0.29) is 5.37 Å². The summed E-state index contributed by atoms with van der Waals surface area (Å²) < 4.78 is 2.89. The SMILES string of the molecule is CC(S)N(C)NI. The molecule has 1 atom stereocenters. The van der Waals surface area contributed by atoms with Crippen molar-refractivity contribution in [3.63, 3.8) is 0 Å². The number of nitrogens with one attached hydrogen (secondary N) is 1. The van der Waals surface area contributed by atoms with Crippen molar-refractivity contribution in [2.45, 2.75) is 12.3 Å². The van der Waals surface area contributed by atoms with E-state index in [1.807, 2.05) is 19.0 Å². The number of hydrogen-bond acceptors (Lipinski definition) is 3. The first-order valence-electron chi connectivity index (χ1n) is 1.95. The molecule has 0 fully saturated rings. The van der Waals surface area contributed by atoms with E-state index in [1.54, 1.807) is 0 Å². The Bertz CT molecular complexity index is 50.2. The Morgan fingerprint density at radius 2 is 2.29 bits per heavy atom. The molecule has 0 saturated carbocycles. The van der Waals surface area contributed by atoms with Crippen LogP contribution in [0.15, 0.2) is 0 Å². The molecule has 1 unspecified atom stereocenters. The molecule has 7 heavy (non-hydrogen) atoms. The number of halogens is 1. The van der Waals surface area contributed by atoms with Gasteiger partial charge in [0, 0.05) is 29.9 Å². The molecule has 0 heterocycles. The zero-order chi connectivity index (χ0) is 5.86. The Morgan fingerprint density at radius 3 is 2.29 bits per heavy atom. The molecule has 44 valence electrons. The van der Waals surface area contributed by atoms with Gasteiger partial charge in [0.15, 0.2) is 0 Å². The summed E-state index contributed by atoms with van der Waals surface area (Å²) in [4.78, 5) is 0. The van der Waals surface area contributed by atoms with Gasteiger partial charge in [-0.25, -0.2) is 5.01 Å². The topological polar surface area (TPSA) is 15.3 Å². The highest BCUT2D eigenvalue weighted by atomic mass is 127. The first-order valence-corrected chi connectivity index (χ1v) is 3.55. The quantitative estimate of drug-likeness (QED) is 0.243. The van der Waals surface area contributed by atoms with E-state index in [9.17, 15) is 0 Å². The number of nitrogens with zero attached hydrogens (tertiary/aromatic N) is 1. The Hall–Kier alpha value is 1.00. The lowest BCUT2D eigenvalue weighted by atomic mass is 10.7. The highest BCUT2D eigenvalue weighted by Gasteiger charge is 1.97. The lowest BCUT2D eigenvalue weighted by molar-refractivity contribution is 0.318. The van der Waals surface area contributed by atoms with Crippen LogP contribution in [0.1, 0.15) is 6.92 Å². The summed E-state index contributed by atoms with van der Waals surface area (Å²) in [6, 6.07) is 0. The van der Waals surface area contributed by atoms with Gasteiger partial charge in [-0.15, -0.1) is 0 Å². The molecule has 0 aromatic rings. The minimum atomic E-state index is 0.275. The number of rotatable bonds is 2. The molecule has 0 aromatic carbocycles. The third kappa shape index (κ3) is 3.57. The van der Waals surface area contributed by atoms with Crippen molar-refractivity contribution in [2.24, 2.45) is 0 Å². The highest BCUT2D eigenvalue weighted by molar-refractivity contribution is 14.1. The zero-order valence-electron chi connectivity index (χ0n) is 4.35. The van der Waals surface area contributed by atoms with E-state index in [0.29, 0.717) is 0 Å². The van der Waals surface area contributed by atoms with Crippen molar-refractivity contribution >= 4 is 35.5 Å². The first kappa shape index (κ1) is 8.00.